The number of rotatable bonds is 6. The molecule has 2 N–H and O–H groups in total. The van der Waals surface area contributed by atoms with E-state index in [1.54, 1.807) is 17.9 Å². The van der Waals surface area contributed by atoms with Crippen LogP contribution in [0.1, 0.15) is 24.7 Å². The Bertz CT molecular complexity index is 683. The number of aromatic nitrogens is 3. The Morgan fingerprint density at radius 1 is 1.43 bits per heavy atom. The number of benzene rings is 1. The summed E-state index contributed by atoms with van der Waals surface area (Å²) in [6.45, 7) is 2.55. The van der Waals surface area contributed by atoms with Crippen molar-refractivity contribution in [2.75, 3.05) is 12.5 Å². The molecule has 114 valence electrons. The number of nitrogens with one attached hydrogen (secondary N) is 2. The first-order chi connectivity index (χ1) is 10.1. The Morgan fingerprint density at radius 3 is 2.86 bits per heavy atom. The topological polar surface area (TPSA) is 54.9 Å². The van der Waals surface area contributed by atoms with Gasteiger partial charge in [0.25, 0.3) is 0 Å². The molecule has 2 rings (SSSR count). The van der Waals surface area contributed by atoms with E-state index in [9.17, 15) is 0 Å². The second-order valence-corrected chi connectivity index (χ2v) is 5.68. The highest BCUT2D eigenvalue weighted by molar-refractivity contribution is 7.71. The molecule has 0 aliphatic heterocycles. The maximum absolute atomic E-state index is 6.12. The Morgan fingerprint density at radius 2 is 2.19 bits per heavy atom. The second-order valence-electron chi connectivity index (χ2n) is 4.45. The molecule has 5 nitrogen and oxygen atoms in total. The van der Waals surface area contributed by atoms with Crippen LogP contribution in [0.4, 0.5) is 0 Å². The first-order valence-electron chi connectivity index (χ1n) is 6.48. The summed E-state index contributed by atoms with van der Waals surface area (Å²) in [7, 11) is 1.57. The van der Waals surface area contributed by atoms with Gasteiger partial charge in [-0.25, -0.2) is 4.68 Å². The van der Waals surface area contributed by atoms with Crippen LogP contribution in [0.25, 0.3) is 0 Å². The monoisotopic (exact) mass is 346 g/mol. The number of aromatic amines is 1. The average molecular weight is 347 g/mol. The lowest BCUT2D eigenvalue weighted by Crippen LogP contribution is -2.18. The minimum absolute atomic E-state index is 0.466. The van der Waals surface area contributed by atoms with Crippen molar-refractivity contribution < 1.29 is 4.74 Å². The molecule has 8 heteroatoms. The van der Waals surface area contributed by atoms with Crippen LogP contribution in [-0.2, 0) is 13.0 Å². The fourth-order valence-electron chi connectivity index (χ4n) is 2.02. The number of hydrogen-bond acceptors (Lipinski definition) is 4. The first kappa shape index (κ1) is 16.1. The van der Waals surface area contributed by atoms with Crippen LogP contribution < -0.4 is 10.2 Å². The van der Waals surface area contributed by atoms with E-state index in [0.717, 1.165) is 24.2 Å². The lowest BCUT2D eigenvalue weighted by molar-refractivity contribution is 0.410. The molecule has 21 heavy (non-hydrogen) atoms. The van der Waals surface area contributed by atoms with Gasteiger partial charge in [-0.15, -0.1) is 0 Å². The molecule has 0 bridgehead atoms. The molecule has 0 fully saturated rings. The average Bonchev–Trinajstić information content (AvgIpc) is 2.77. The number of ether oxygens (including phenoxy) is 1. The molecule has 0 aliphatic carbocycles. The molecule has 0 saturated heterocycles. The molecule has 1 aromatic heterocycles. The van der Waals surface area contributed by atoms with E-state index in [1.165, 1.54) is 0 Å². The highest BCUT2D eigenvalue weighted by Crippen LogP contribution is 2.32. The van der Waals surface area contributed by atoms with E-state index in [-0.39, 0.29) is 0 Å². The van der Waals surface area contributed by atoms with E-state index < -0.39 is 0 Å². The van der Waals surface area contributed by atoms with E-state index in [0.29, 0.717) is 27.1 Å². The van der Waals surface area contributed by atoms with Gasteiger partial charge in [-0.05, 0) is 30.8 Å². The molecule has 0 atom stereocenters. The number of methoxy groups -OCH3 is 1. The minimum Gasteiger partial charge on any atom is -0.495 e. The largest absolute Gasteiger partial charge is 0.495 e. The van der Waals surface area contributed by atoms with E-state index >= 15 is 0 Å². The van der Waals surface area contributed by atoms with Crippen molar-refractivity contribution in [1.82, 2.24) is 14.9 Å². The van der Waals surface area contributed by atoms with Crippen molar-refractivity contribution in [1.29, 1.82) is 0 Å². The van der Waals surface area contributed by atoms with Crippen molar-refractivity contribution in [3.05, 3.63) is 38.3 Å². The molecule has 0 saturated carbocycles. The third kappa shape index (κ3) is 3.70. The van der Waals surface area contributed by atoms with Gasteiger partial charge < -0.3 is 10.2 Å². The van der Waals surface area contributed by atoms with Crippen LogP contribution in [0.5, 0.6) is 5.75 Å². The first-order valence-corrected chi connectivity index (χ1v) is 7.65. The Balaban J connectivity index is 2.24. The number of H-pyrrole nitrogens is 1. The van der Waals surface area contributed by atoms with E-state index in [4.69, 9.17) is 40.2 Å². The quantitative estimate of drug-likeness (QED) is 0.777. The lowest BCUT2D eigenvalue weighted by atomic mass is 10.2. The molecule has 0 amide bonds. The van der Waals surface area contributed by atoms with Crippen LogP contribution in [0.15, 0.2) is 12.1 Å². The van der Waals surface area contributed by atoms with Gasteiger partial charge in [0, 0.05) is 17.0 Å². The SMILES string of the molecule is CCCc1n[nH]c(=S)n1NCc1cc(Cl)cc(Cl)c1OC. The van der Waals surface area contributed by atoms with Gasteiger partial charge in [0.05, 0.1) is 18.7 Å². The summed E-state index contributed by atoms with van der Waals surface area (Å²) in [6, 6.07) is 3.46. The number of halogens is 2. The van der Waals surface area contributed by atoms with Crippen molar-refractivity contribution >= 4 is 35.4 Å². The summed E-state index contributed by atoms with van der Waals surface area (Å²) in [6.07, 6.45) is 1.81. The Labute approximate surface area is 138 Å². The highest BCUT2D eigenvalue weighted by Gasteiger charge is 2.11. The van der Waals surface area contributed by atoms with Gasteiger partial charge in [0.15, 0.2) is 5.82 Å². The molecule has 0 unspecified atom stereocenters. The Hall–Kier alpha value is -1.24. The maximum Gasteiger partial charge on any atom is 0.214 e. The van der Waals surface area contributed by atoms with Crippen LogP contribution in [-0.4, -0.2) is 22.0 Å². The molecule has 1 heterocycles. The van der Waals surface area contributed by atoms with E-state index in [1.807, 2.05) is 6.07 Å². The van der Waals surface area contributed by atoms with Crippen LogP contribution >= 0.6 is 35.4 Å². The van der Waals surface area contributed by atoms with Crippen molar-refractivity contribution in [3.8, 4) is 5.75 Å². The molecular formula is C13H16Cl2N4OS. The predicted octanol–water partition coefficient (Wildman–Crippen LogP) is 3.95. The van der Waals surface area contributed by atoms with Crippen molar-refractivity contribution in [2.45, 2.75) is 26.3 Å². The van der Waals surface area contributed by atoms with Gasteiger partial charge in [-0.2, -0.15) is 5.10 Å². The van der Waals surface area contributed by atoms with Crippen LogP contribution in [0, 0.1) is 4.77 Å². The fourth-order valence-corrected chi connectivity index (χ4v) is 2.85. The third-order valence-electron chi connectivity index (χ3n) is 2.93. The number of hydrogen-bond donors (Lipinski definition) is 2. The molecule has 2 aromatic rings. The zero-order chi connectivity index (χ0) is 15.4. The van der Waals surface area contributed by atoms with Gasteiger partial charge in [0.1, 0.15) is 5.75 Å². The zero-order valence-corrected chi connectivity index (χ0v) is 14.1. The third-order valence-corrected chi connectivity index (χ3v) is 3.71. The minimum atomic E-state index is 0.466. The molecular weight excluding hydrogens is 331 g/mol. The molecule has 0 aliphatic rings. The van der Waals surface area contributed by atoms with Crippen molar-refractivity contribution in [2.24, 2.45) is 0 Å². The lowest BCUT2D eigenvalue weighted by Gasteiger charge is -2.14. The maximum atomic E-state index is 6.12. The predicted molar refractivity (Wildman–Crippen MR) is 87.5 cm³/mol. The summed E-state index contributed by atoms with van der Waals surface area (Å²) in [5.74, 6) is 1.45. The van der Waals surface area contributed by atoms with Gasteiger partial charge >= 0.3 is 0 Å². The number of aryl methyl sites for hydroxylation is 1. The van der Waals surface area contributed by atoms with E-state index in [2.05, 4.69) is 22.5 Å². The van der Waals surface area contributed by atoms with Crippen molar-refractivity contribution in [3.63, 3.8) is 0 Å². The normalized spacial score (nSPS) is 10.7. The van der Waals surface area contributed by atoms with Gasteiger partial charge in [0.2, 0.25) is 4.77 Å². The summed E-state index contributed by atoms with van der Waals surface area (Å²) in [4.78, 5) is 0. The molecule has 0 spiro atoms. The summed E-state index contributed by atoms with van der Waals surface area (Å²) < 4.78 is 7.60. The summed E-state index contributed by atoms with van der Waals surface area (Å²) in [5.41, 5.74) is 4.06. The van der Waals surface area contributed by atoms with Crippen LogP contribution in [0.3, 0.4) is 0 Å². The molecule has 0 radical (unpaired) electrons. The summed E-state index contributed by atoms with van der Waals surface area (Å²) >= 11 is 17.4. The zero-order valence-electron chi connectivity index (χ0n) is 11.7. The standard InChI is InChI=1S/C13H16Cl2N4OS/c1-3-4-11-17-18-13(21)19(11)16-7-8-5-9(14)6-10(15)12(8)20-2/h5-6,16H,3-4,7H2,1-2H3,(H,18,21). The highest BCUT2D eigenvalue weighted by atomic mass is 35.5. The van der Waals surface area contributed by atoms with Gasteiger partial charge in [-0.1, -0.05) is 30.1 Å². The summed E-state index contributed by atoms with van der Waals surface area (Å²) in [5, 5.41) is 8.01. The van der Waals surface area contributed by atoms with Gasteiger partial charge in [-0.3, -0.25) is 5.10 Å². The Kier molecular flexibility index (Phi) is 5.50. The van der Waals surface area contributed by atoms with Crippen LogP contribution in [0.2, 0.25) is 10.0 Å². The second kappa shape index (κ2) is 7.15. The molecule has 1 aromatic carbocycles. The smallest absolute Gasteiger partial charge is 0.214 e. The fraction of sp³-hybridized carbons (Fsp3) is 0.385. The number of nitrogens with zero attached hydrogens (tertiary/aromatic N) is 2.